The van der Waals surface area contributed by atoms with Gasteiger partial charge in [0.2, 0.25) is 0 Å². The first-order valence-corrected chi connectivity index (χ1v) is 8.93. The first-order chi connectivity index (χ1) is 13.5. The average molecular weight is 445 g/mol. The molecule has 0 atom stereocenters. The summed E-state index contributed by atoms with van der Waals surface area (Å²) in [6, 6.07) is 15.3. The summed E-state index contributed by atoms with van der Waals surface area (Å²) < 4.78 is 24.7. The Morgan fingerprint density at radius 3 is 2.50 bits per heavy atom. The molecule has 3 rings (SSSR count). The summed E-state index contributed by atoms with van der Waals surface area (Å²) in [7, 11) is 0. The van der Waals surface area contributed by atoms with Crippen molar-refractivity contribution in [3.8, 4) is 11.5 Å². The molecule has 0 saturated heterocycles. The van der Waals surface area contributed by atoms with Gasteiger partial charge in [-0.3, -0.25) is 4.79 Å². The SMILES string of the molecule is O=C(COc1ccccc1C(=O)Oc1cccnc1Br)Nc1ccccc1F. The lowest BCUT2D eigenvalue weighted by molar-refractivity contribution is -0.118. The Kier molecular flexibility index (Phi) is 6.33. The number of nitrogens with one attached hydrogen (secondary N) is 1. The minimum atomic E-state index is -0.668. The van der Waals surface area contributed by atoms with Gasteiger partial charge in [0.1, 0.15) is 21.7 Å². The van der Waals surface area contributed by atoms with Crippen molar-refractivity contribution in [3.63, 3.8) is 0 Å². The quantitative estimate of drug-likeness (QED) is 0.454. The highest BCUT2D eigenvalue weighted by molar-refractivity contribution is 9.10. The number of pyridine rings is 1. The zero-order valence-corrected chi connectivity index (χ0v) is 16.0. The van der Waals surface area contributed by atoms with Crippen LogP contribution < -0.4 is 14.8 Å². The minimum Gasteiger partial charge on any atom is -0.483 e. The van der Waals surface area contributed by atoms with Crippen molar-refractivity contribution < 1.29 is 23.5 Å². The lowest BCUT2D eigenvalue weighted by atomic mass is 10.2. The van der Waals surface area contributed by atoms with E-state index in [-0.39, 0.29) is 22.7 Å². The Balaban J connectivity index is 1.67. The van der Waals surface area contributed by atoms with Gasteiger partial charge in [-0.15, -0.1) is 0 Å². The van der Waals surface area contributed by atoms with Crippen LogP contribution in [0.15, 0.2) is 71.5 Å². The number of esters is 1. The highest BCUT2D eigenvalue weighted by Crippen LogP contribution is 2.25. The van der Waals surface area contributed by atoms with E-state index in [9.17, 15) is 14.0 Å². The molecule has 3 aromatic rings. The van der Waals surface area contributed by atoms with Crippen LogP contribution in [0.5, 0.6) is 11.5 Å². The molecule has 0 aliphatic heterocycles. The van der Waals surface area contributed by atoms with Gasteiger partial charge in [-0.25, -0.2) is 14.2 Å². The number of nitrogens with zero attached hydrogens (tertiary/aromatic N) is 1. The fraction of sp³-hybridized carbons (Fsp3) is 0.0500. The Labute approximate surface area is 168 Å². The molecular weight excluding hydrogens is 431 g/mol. The second-order valence-corrected chi connectivity index (χ2v) is 6.25. The third-order valence-corrected chi connectivity index (χ3v) is 4.14. The molecule has 28 heavy (non-hydrogen) atoms. The van der Waals surface area contributed by atoms with Gasteiger partial charge < -0.3 is 14.8 Å². The number of aromatic nitrogens is 1. The zero-order chi connectivity index (χ0) is 19.9. The van der Waals surface area contributed by atoms with Gasteiger partial charge in [-0.05, 0) is 52.3 Å². The van der Waals surface area contributed by atoms with Gasteiger partial charge >= 0.3 is 5.97 Å². The van der Waals surface area contributed by atoms with Crippen LogP contribution in [-0.2, 0) is 4.79 Å². The molecule has 0 unspecified atom stereocenters. The summed E-state index contributed by atoms with van der Waals surface area (Å²) >= 11 is 3.20. The fourth-order valence-electron chi connectivity index (χ4n) is 2.26. The molecule has 0 radical (unpaired) electrons. The van der Waals surface area contributed by atoms with Gasteiger partial charge in [-0.2, -0.15) is 0 Å². The summed E-state index contributed by atoms with van der Waals surface area (Å²) in [5.41, 5.74) is 0.183. The number of carbonyl (C=O) groups is 2. The molecule has 0 bridgehead atoms. The predicted octanol–water partition coefficient (Wildman–Crippen LogP) is 4.22. The Morgan fingerprint density at radius 1 is 1.00 bits per heavy atom. The van der Waals surface area contributed by atoms with Crippen molar-refractivity contribution >= 4 is 33.5 Å². The highest BCUT2D eigenvalue weighted by Gasteiger charge is 2.17. The number of carbonyl (C=O) groups excluding carboxylic acids is 2. The molecular formula is C20H14BrFN2O4. The molecule has 142 valence electrons. The van der Waals surface area contributed by atoms with Crippen LogP contribution >= 0.6 is 15.9 Å². The number of rotatable bonds is 6. The number of benzene rings is 2. The topological polar surface area (TPSA) is 77.5 Å². The van der Waals surface area contributed by atoms with Crippen LogP contribution in [0, 0.1) is 5.82 Å². The molecule has 1 heterocycles. The van der Waals surface area contributed by atoms with Crippen molar-refractivity contribution in [1.29, 1.82) is 0 Å². The number of halogens is 2. The highest BCUT2D eigenvalue weighted by atomic mass is 79.9. The van der Waals surface area contributed by atoms with Gasteiger partial charge in [-0.1, -0.05) is 24.3 Å². The van der Waals surface area contributed by atoms with Gasteiger partial charge in [0.25, 0.3) is 5.91 Å². The van der Waals surface area contributed by atoms with Gasteiger partial charge in [0.05, 0.1) is 5.69 Å². The first-order valence-electron chi connectivity index (χ1n) is 8.13. The molecule has 1 aromatic heterocycles. The molecule has 2 aromatic carbocycles. The second-order valence-electron chi connectivity index (χ2n) is 5.49. The van der Waals surface area contributed by atoms with Crippen molar-refractivity contribution in [2.24, 2.45) is 0 Å². The normalized spacial score (nSPS) is 10.2. The average Bonchev–Trinajstić information content (AvgIpc) is 2.70. The number of ether oxygens (including phenoxy) is 2. The number of amides is 1. The van der Waals surface area contributed by atoms with Crippen LogP contribution in [0.25, 0.3) is 0 Å². The smallest absolute Gasteiger partial charge is 0.347 e. The molecule has 1 N–H and O–H groups in total. The summed E-state index contributed by atoms with van der Waals surface area (Å²) in [6.07, 6.45) is 1.55. The van der Waals surface area contributed by atoms with Crippen molar-refractivity contribution in [2.45, 2.75) is 0 Å². The first kappa shape index (κ1) is 19.5. The van der Waals surface area contributed by atoms with E-state index in [0.29, 0.717) is 4.60 Å². The zero-order valence-electron chi connectivity index (χ0n) is 14.4. The molecule has 0 saturated carbocycles. The van der Waals surface area contributed by atoms with E-state index in [4.69, 9.17) is 9.47 Å². The van der Waals surface area contributed by atoms with Crippen molar-refractivity contribution in [3.05, 3.63) is 82.8 Å². The Morgan fingerprint density at radius 2 is 1.71 bits per heavy atom. The lowest BCUT2D eigenvalue weighted by Crippen LogP contribution is -2.21. The molecule has 0 aliphatic carbocycles. The van der Waals surface area contributed by atoms with Crippen molar-refractivity contribution in [1.82, 2.24) is 4.98 Å². The van der Waals surface area contributed by atoms with Crippen LogP contribution in [0.1, 0.15) is 10.4 Å². The molecule has 0 fully saturated rings. The summed E-state index contributed by atoms with van der Waals surface area (Å²) in [6.45, 7) is -0.408. The maximum absolute atomic E-state index is 13.6. The standard InChI is InChI=1S/C20H14BrFN2O4/c21-19-17(10-5-11-23-19)28-20(26)13-6-1-4-9-16(13)27-12-18(25)24-15-8-3-2-7-14(15)22/h1-11H,12H2,(H,24,25). The van der Waals surface area contributed by atoms with E-state index < -0.39 is 24.3 Å². The second kappa shape index (κ2) is 9.09. The van der Waals surface area contributed by atoms with Crippen LogP contribution in [0.2, 0.25) is 0 Å². The molecule has 1 amide bonds. The van der Waals surface area contributed by atoms with Crippen LogP contribution in [-0.4, -0.2) is 23.5 Å². The third kappa shape index (κ3) is 4.92. The maximum atomic E-state index is 13.6. The monoisotopic (exact) mass is 444 g/mol. The van der Waals surface area contributed by atoms with E-state index in [1.54, 1.807) is 36.5 Å². The fourth-order valence-corrected chi connectivity index (χ4v) is 2.59. The number of anilines is 1. The Bertz CT molecular complexity index is 1010. The summed E-state index contributed by atoms with van der Waals surface area (Å²) in [4.78, 5) is 28.5. The van der Waals surface area contributed by atoms with Crippen LogP contribution in [0.4, 0.5) is 10.1 Å². The largest absolute Gasteiger partial charge is 0.483 e. The molecule has 6 nitrogen and oxygen atoms in total. The molecule has 0 spiro atoms. The minimum absolute atomic E-state index is 0.0465. The molecule has 0 aliphatic rings. The van der Waals surface area contributed by atoms with Gasteiger partial charge in [0.15, 0.2) is 12.4 Å². The van der Waals surface area contributed by atoms with Crippen LogP contribution in [0.3, 0.4) is 0 Å². The van der Waals surface area contributed by atoms with E-state index in [1.165, 1.54) is 30.3 Å². The number of para-hydroxylation sites is 2. The Hall–Kier alpha value is -3.26. The van der Waals surface area contributed by atoms with E-state index in [1.807, 2.05) is 0 Å². The number of hydrogen-bond donors (Lipinski definition) is 1. The van der Waals surface area contributed by atoms with E-state index >= 15 is 0 Å². The van der Waals surface area contributed by atoms with E-state index in [2.05, 4.69) is 26.2 Å². The lowest BCUT2D eigenvalue weighted by Gasteiger charge is -2.12. The van der Waals surface area contributed by atoms with Crippen molar-refractivity contribution in [2.75, 3.05) is 11.9 Å². The summed E-state index contributed by atoms with van der Waals surface area (Å²) in [5, 5.41) is 2.41. The number of hydrogen-bond acceptors (Lipinski definition) is 5. The maximum Gasteiger partial charge on any atom is 0.347 e. The molecule has 8 heteroatoms. The van der Waals surface area contributed by atoms with E-state index in [0.717, 1.165) is 0 Å². The third-order valence-electron chi connectivity index (χ3n) is 3.54. The van der Waals surface area contributed by atoms with Gasteiger partial charge in [0, 0.05) is 6.20 Å². The summed E-state index contributed by atoms with van der Waals surface area (Å²) in [5.74, 6) is -1.38. The predicted molar refractivity (Wildman–Crippen MR) is 104 cm³/mol.